The fourth-order valence-corrected chi connectivity index (χ4v) is 6.42. The van der Waals surface area contributed by atoms with Crippen molar-refractivity contribution in [3.05, 3.63) is 154 Å². The zero-order valence-corrected chi connectivity index (χ0v) is 38.2. The third-order valence-electron chi connectivity index (χ3n) is 9.99. The van der Waals surface area contributed by atoms with Gasteiger partial charge in [0.1, 0.15) is 17.9 Å². The number of aromatic nitrogens is 6. The molecule has 6 heterocycles. The van der Waals surface area contributed by atoms with Crippen LogP contribution in [0.1, 0.15) is 56.7 Å². The molecule has 348 valence electrons. The molecule has 8 rings (SSSR count). The Morgan fingerprint density at radius 2 is 1.11 bits per heavy atom. The van der Waals surface area contributed by atoms with Crippen molar-refractivity contribution in [3.8, 4) is 12.0 Å². The quantitative estimate of drug-likeness (QED) is 0.0919. The van der Waals surface area contributed by atoms with Crippen LogP contribution in [-0.4, -0.2) is 120 Å². The van der Waals surface area contributed by atoms with E-state index in [0.717, 1.165) is 83.6 Å². The van der Waals surface area contributed by atoms with Crippen LogP contribution in [0, 0.1) is 13.8 Å². The molecule has 16 heteroatoms. The van der Waals surface area contributed by atoms with Gasteiger partial charge in [0.15, 0.2) is 0 Å². The average Bonchev–Trinajstić information content (AvgIpc) is 3.36. The molecule has 4 aromatic heterocycles. The molecule has 0 unspecified atom stereocenters. The molecule has 6 aromatic rings. The van der Waals surface area contributed by atoms with Gasteiger partial charge in [-0.05, 0) is 61.7 Å². The van der Waals surface area contributed by atoms with E-state index in [2.05, 4.69) is 63.8 Å². The van der Waals surface area contributed by atoms with Gasteiger partial charge in [-0.1, -0.05) is 60.7 Å². The maximum absolute atomic E-state index is 10.2. The molecule has 2 saturated heterocycles. The fourth-order valence-electron chi connectivity index (χ4n) is 6.42. The lowest BCUT2D eigenvalue weighted by Gasteiger charge is -2.28. The van der Waals surface area contributed by atoms with Crippen LogP contribution >= 0.6 is 0 Å². The number of aliphatic hydroxyl groups excluding tert-OH is 1. The van der Waals surface area contributed by atoms with Gasteiger partial charge in [0.05, 0.1) is 57.6 Å². The van der Waals surface area contributed by atoms with Gasteiger partial charge in [-0.3, -0.25) is 19.8 Å². The van der Waals surface area contributed by atoms with Gasteiger partial charge in [-0.2, -0.15) is 19.9 Å². The van der Waals surface area contributed by atoms with E-state index in [-0.39, 0.29) is 6.61 Å². The van der Waals surface area contributed by atoms with Gasteiger partial charge in [0.25, 0.3) is 0 Å². The molecule has 0 bridgehead atoms. The number of hydrogen-bond acceptors (Lipinski definition) is 16. The molecule has 0 atom stereocenters. The van der Waals surface area contributed by atoms with E-state index >= 15 is 0 Å². The summed E-state index contributed by atoms with van der Waals surface area (Å²) in [5.41, 5.74) is 13.4. The van der Waals surface area contributed by atoms with Crippen molar-refractivity contribution >= 4 is 24.1 Å². The number of aliphatic imine (C=N–C) groups is 1. The average molecular weight is 899 g/mol. The number of nitrogens with zero attached hydrogens (tertiary/aromatic N) is 9. The van der Waals surface area contributed by atoms with Crippen LogP contribution < -0.4 is 25.0 Å². The van der Waals surface area contributed by atoms with Crippen LogP contribution in [-0.2, 0) is 35.4 Å². The summed E-state index contributed by atoms with van der Waals surface area (Å²) < 4.78 is 22.4. The number of anilines is 2. The Morgan fingerprint density at radius 3 is 1.55 bits per heavy atom. The van der Waals surface area contributed by atoms with Gasteiger partial charge < -0.3 is 39.6 Å². The van der Waals surface area contributed by atoms with Gasteiger partial charge in [-0.15, -0.1) is 0 Å². The molecule has 16 nitrogen and oxygen atoms in total. The van der Waals surface area contributed by atoms with E-state index in [4.69, 9.17) is 29.8 Å². The summed E-state index contributed by atoms with van der Waals surface area (Å²) in [6.45, 7) is 13.7. The number of nitrogens with two attached hydrogens (primary N) is 1. The Kier molecular flexibility index (Phi) is 22.1. The molecule has 2 aliphatic rings. The Hall–Kier alpha value is -6.72. The number of benzene rings is 2. The van der Waals surface area contributed by atoms with Crippen molar-refractivity contribution in [2.24, 2.45) is 10.7 Å². The van der Waals surface area contributed by atoms with Crippen molar-refractivity contribution in [2.75, 3.05) is 82.2 Å². The molecule has 3 N–H and O–H groups in total. The van der Waals surface area contributed by atoms with Gasteiger partial charge in [-0.25, -0.2) is 0 Å². The normalized spacial score (nSPS) is 13.3. The summed E-state index contributed by atoms with van der Waals surface area (Å²) >= 11 is 0. The van der Waals surface area contributed by atoms with Crippen LogP contribution in [0.3, 0.4) is 0 Å². The van der Waals surface area contributed by atoms with E-state index in [0.29, 0.717) is 77.6 Å². The standard InChI is InChI=1S/C24H27N5O2.C16H21N5O2.C8H8O.C2H6O/c1-19-6-2-3-7-20(19)17-25-18-22-16-23(29-11-14-30-15-12-29)28-24(27-22)31-13-9-21-8-4-5-10-26-21;17-12-14-11-15(21-6-9-22-10-7-21)20-16(19-14)23-8-4-13-3-1-2-5-18-13;1-7-4-2-3-5-8(7)6-9;1-2-3/h2-8,10,16-17H,9,11-15,18H2,1H3;1-3,5,11H,4,6-10,12,17H2;2-6H,1H3;3H,2H2,1H3. The van der Waals surface area contributed by atoms with Crippen LogP contribution in [0.15, 0.2) is 114 Å². The summed E-state index contributed by atoms with van der Waals surface area (Å²) in [4.78, 5) is 45.9. The van der Waals surface area contributed by atoms with Crippen molar-refractivity contribution in [1.29, 1.82) is 0 Å². The molecule has 0 radical (unpaired) electrons. The van der Waals surface area contributed by atoms with E-state index in [9.17, 15) is 4.79 Å². The molecule has 0 amide bonds. The zero-order valence-electron chi connectivity index (χ0n) is 38.2. The first kappa shape index (κ1) is 50.3. The number of aryl methyl sites for hydroxylation is 2. The summed E-state index contributed by atoms with van der Waals surface area (Å²) in [7, 11) is 0. The second kappa shape index (κ2) is 28.9. The van der Waals surface area contributed by atoms with Gasteiger partial charge >= 0.3 is 12.0 Å². The van der Waals surface area contributed by atoms with E-state index in [1.165, 1.54) is 5.56 Å². The first-order valence-electron chi connectivity index (χ1n) is 22.2. The minimum absolute atomic E-state index is 0.250. The lowest BCUT2D eigenvalue weighted by molar-refractivity contribution is 0.112. The summed E-state index contributed by atoms with van der Waals surface area (Å²) in [5.74, 6) is 1.70. The lowest BCUT2D eigenvalue weighted by Crippen LogP contribution is -2.37. The van der Waals surface area contributed by atoms with Crippen molar-refractivity contribution < 1.29 is 28.8 Å². The molecule has 2 aromatic carbocycles. The minimum Gasteiger partial charge on any atom is -0.463 e. The molecule has 0 spiro atoms. The monoisotopic (exact) mass is 898 g/mol. The molecule has 0 aliphatic carbocycles. The lowest BCUT2D eigenvalue weighted by atomic mass is 10.1. The smallest absolute Gasteiger partial charge is 0.318 e. The van der Waals surface area contributed by atoms with Crippen LogP contribution in [0.5, 0.6) is 12.0 Å². The molecule has 2 aliphatic heterocycles. The Morgan fingerprint density at radius 1 is 0.652 bits per heavy atom. The number of rotatable bonds is 15. The fraction of sp³-hybridized carbons (Fsp3) is 0.360. The number of carbonyl (C=O) groups is 1. The second-order valence-electron chi connectivity index (χ2n) is 14.9. The maximum Gasteiger partial charge on any atom is 0.318 e. The highest BCUT2D eigenvalue weighted by molar-refractivity contribution is 5.81. The van der Waals surface area contributed by atoms with Crippen LogP contribution in [0.4, 0.5) is 11.6 Å². The maximum atomic E-state index is 10.2. The van der Waals surface area contributed by atoms with Gasteiger partial charge in [0, 0.05) is 99.9 Å². The summed E-state index contributed by atoms with van der Waals surface area (Å²) in [6, 6.07) is 32.0. The number of carbonyl (C=O) groups excluding carboxylic acids is 1. The largest absolute Gasteiger partial charge is 0.463 e. The number of pyridine rings is 2. The van der Waals surface area contributed by atoms with E-state index in [1.54, 1.807) is 19.3 Å². The molecule has 0 saturated carbocycles. The number of hydrogen-bond donors (Lipinski definition) is 2. The summed E-state index contributed by atoms with van der Waals surface area (Å²) in [5, 5.41) is 7.57. The van der Waals surface area contributed by atoms with Crippen molar-refractivity contribution in [2.45, 2.75) is 46.7 Å². The van der Waals surface area contributed by atoms with E-state index in [1.807, 2.05) is 98.1 Å². The first-order chi connectivity index (χ1) is 32.4. The van der Waals surface area contributed by atoms with Crippen molar-refractivity contribution in [3.63, 3.8) is 0 Å². The summed E-state index contributed by atoms with van der Waals surface area (Å²) in [6.07, 6.45) is 7.74. The number of aliphatic hydroxyl groups is 1. The highest BCUT2D eigenvalue weighted by Crippen LogP contribution is 2.20. The van der Waals surface area contributed by atoms with Crippen LogP contribution in [0.25, 0.3) is 0 Å². The third kappa shape index (κ3) is 17.7. The number of aldehydes is 1. The molecule has 2 fully saturated rings. The minimum atomic E-state index is 0.250. The van der Waals surface area contributed by atoms with E-state index < -0.39 is 0 Å². The first-order valence-corrected chi connectivity index (χ1v) is 22.2. The third-order valence-corrected chi connectivity index (χ3v) is 9.99. The SMILES string of the molecule is CCO.Cc1ccccc1C=NCc1cc(N2CCOCC2)nc(OCCc2ccccn2)n1.Cc1ccccc1C=O.NCc1cc(N2CCOCC2)nc(OCCc2ccccn2)n1. The van der Waals surface area contributed by atoms with Crippen molar-refractivity contribution in [1.82, 2.24) is 29.9 Å². The molecular formula is C50H62N10O6. The predicted molar refractivity (Wildman–Crippen MR) is 257 cm³/mol. The molecular weight excluding hydrogens is 837 g/mol. The number of ether oxygens (including phenoxy) is 4. The Labute approximate surface area is 388 Å². The van der Waals surface area contributed by atoms with Crippen LogP contribution in [0.2, 0.25) is 0 Å². The van der Waals surface area contributed by atoms with Gasteiger partial charge in [0.2, 0.25) is 0 Å². The molecule has 66 heavy (non-hydrogen) atoms. The highest BCUT2D eigenvalue weighted by atomic mass is 16.5. The predicted octanol–water partition coefficient (Wildman–Crippen LogP) is 5.85. The Balaban J connectivity index is 0.000000203. The highest BCUT2D eigenvalue weighted by Gasteiger charge is 2.17. The Bertz CT molecular complexity index is 2330. The topological polar surface area (TPSA) is 196 Å². The second-order valence-corrected chi connectivity index (χ2v) is 14.9. The number of morpholine rings is 2. The zero-order chi connectivity index (χ0) is 46.6.